The summed E-state index contributed by atoms with van der Waals surface area (Å²) < 4.78 is 1.85. The molecule has 0 aromatic carbocycles. The minimum atomic E-state index is 0.160. The van der Waals surface area contributed by atoms with Gasteiger partial charge in [-0.25, -0.2) is 0 Å². The molecule has 2 unspecified atom stereocenters. The summed E-state index contributed by atoms with van der Waals surface area (Å²) in [6, 6.07) is 0.494. The number of nitrogens with zero attached hydrogens (tertiary/aromatic N) is 3. The molecule has 1 saturated heterocycles. The van der Waals surface area contributed by atoms with E-state index in [4.69, 9.17) is 5.73 Å². The number of hydrogen-bond donors (Lipinski definition) is 1. The van der Waals surface area contributed by atoms with Crippen LogP contribution in [-0.4, -0.2) is 33.8 Å². The molecule has 1 aromatic heterocycles. The zero-order valence-corrected chi connectivity index (χ0v) is 9.56. The summed E-state index contributed by atoms with van der Waals surface area (Å²) in [5.41, 5.74) is 7.32. The lowest BCUT2D eigenvalue weighted by Gasteiger charge is -2.29. The van der Waals surface area contributed by atoms with Crippen LogP contribution in [0.1, 0.15) is 31.4 Å². The summed E-state index contributed by atoms with van der Waals surface area (Å²) in [6.45, 7) is 4.41. The lowest BCUT2D eigenvalue weighted by atomic mass is 10.0. The third-order valence-electron chi connectivity index (χ3n) is 3.10. The average molecular weight is 208 g/mol. The highest BCUT2D eigenvalue weighted by Crippen LogP contribution is 2.26. The van der Waals surface area contributed by atoms with Crippen molar-refractivity contribution in [3.05, 3.63) is 18.0 Å². The van der Waals surface area contributed by atoms with Gasteiger partial charge in [0.25, 0.3) is 0 Å². The molecule has 0 amide bonds. The van der Waals surface area contributed by atoms with Crippen molar-refractivity contribution in [2.75, 3.05) is 13.1 Å². The van der Waals surface area contributed by atoms with E-state index in [1.807, 2.05) is 17.9 Å². The summed E-state index contributed by atoms with van der Waals surface area (Å²) in [5.74, 6) is 0. The highest BCUT2D eigenvalue weighted by molar-refractivity contribution is 5.13. The predicted molar refractivity (Wildman–Crippen MR) is 60.4 cm³/mol. The van der Waals surface area contributed by atoms with E-state index in [2.05, 4.69) is 23.1 Å². The second-order valence-corrected chi connectivity index (χ2v) is 4.49. The van der Waals surface area contributed by atoms with E-state index in [0.29, 0.717) is 6.04 Å². The maximum absolute atomic E-state index is 6.08. The van der Waals surface area contributed by atoms with E-state index in [9.17, 15) is 0 Å². The van der Waals surface area contributed by atoms with E-state index < -0.39 is 0 Å². The van der Waals surface area contributed by atoms with Crippen LogP contribution in [0.25, 0.3) is 0 Å². The van der Waals surface area contributed by atoms with Gasteiger partial charge in [-0.15, -0.1) is 0 Å². The highest BCUT2D eigenvalue weighted by Gasteiger charge is 2.27. The van der Waals surface area contributed by atoms with Crippen LogP contribution < -0.4 is 5.73 Å². The number of likely N-dealkylation sites (tertiary alicyclic amines) is 1. The molecular weight excluding hydrogens is 188 g/mol. The number of rotatable bonds is 3. The van der Waals surface area contributed by atoms with E-state index in [0.717, 1.165) is 0 Å². The quantitative estimate of drug-likeness (QED) is 0.803. The molecular formula is C11H20N4. The van der Waals surface area contributed by atoms with Crippen LogP contribution in [0.15, 0.2) is 12.4 Å². The minimum Gasteiger partial charge on any atom is -0.326 e. The van der Waals surface area contributed by atoms with Gasteiger partial charge >= 0.3 is 0 Å². The van der Waals surface area contributed by atoms with Crippen LogP contribution in [-0.2, 0) is 7.05 Å². The van der Waals surface area contributed by atoms with Crippen molar-refractivity contribution in [1.29, 1.82) is 0 Å². The lowest BCUT2D eigenvalue weighted by molar-refractivity contribution is 0.219. The number of aryl methyl sites for hydroxylation is 1. The third kappa shape index (κ3) is 2.21. The SMILES string of the molecule is CC(N)C(c1cnn(C)c1)N1CCCC1. The summed E-state index contributed by atoms with van der Waals surface area (Å²) in [7, 11) is 1.95. The molecule has 15 heavy (non-hydrogen) atoms. The van der Waals surface area contributed by atoms with E-state index in [1.54, 1.807) is 0 Å². The number of hydrogen-bond acceptors (Lipinski definition) is 3. The van der Waals surface area contributed by atoms with E-state index >= 15 is 0 Å². The van der Waals surface area contributed by atoms with Crippen molar-refractivity contribution in [2.24, 2.45) is 12.8 Å². The van der Waals surface area contributed by atoms with Crippen LogP contribution in [0, 0.1) is 0 Å². The molecule has 0 aliphatic carbocycles. The minimum absolute atomic E-state index is 0.160. The van der Waals surface area contributed by atoms with Crippen molar-refractivity contribution in [3.8, 4) is 0 Å². The fourth-order valence-electron chi connectivity index (χ4n) is 2.46. The molecule has 4 nitrogen and oxygen atoms in total. The molecule has 84 valence electrons. The topological polar surface area (TPSA) is 47.1 Å². The van der Waals surface area contributed by atoms with Crippen LogP contribution in [0.2, 0.25) is 0 Å². The first-order valence-corrected chi connectivity index (χ1v) is 5.66. The standard InChI is InChI=1S/C11H20N4/c1-9(12)11(15-5-3-4-6-15)10-7-13-14(2)8-10/h7-9,11H,3-6,12H2,1-2H3. The van der Waals surface area contributed by atoms with Gasteiger partial charge in [0.05, 0.1) is 12.2 Å². The molecule has 4 heteroatoms. The van der Waals surface area contributed by atoms with Crippen LogP contribution >= 0.6 is 0 Å². The van der Waals surface area contributed by atoms with Gasteiger partial charge in [0.1, 0.15) is 0 Å². The van der Waals surface area contributed by atoms with Crippen molar-refractivity contribution >= 4 is 0 Å². The largest absolute Gasteiger partial charge is 0.326 e. The molecule has 0 bridgehead atoms. The highest BCUT2D eigenvalue weighted by atomic mass is 15.3. The number of nitrogens with two attached hydrogens (primary N) is 1. The summed E-state index contributed by atoms with van der Waals surface area (Å²) >= 11 is 0. The van der Waals surface area contributed by atoms with Gasteiger partial charge in [0, 0.05) is 24.8 Å². The Hall–Kier alpha value is -0.870. The Kier molecular flexibility index (Phi) is 3.07. The smallest absolute Gasteiger partial charge is 0.0538 e. The molecule has 2 rings (SSSR count). The third-order valence-corrected chi connectivity index (χ3v) is 3.10. The van der Waals surface area contributed by atoms with Gasteiger partial charge in [-0.1, -0.05) is 0 Å². The van der Waals surface area contributed by atoms with Crippen molar-refractivity contribution in [3.63, 3.8) is 0 Å². The van der Waals surface area contributed by atoms with E-state index in [-0.39, 0.29) is 6.04 Å². The van der Waals surface area contributed by atoms with E-state index in [1.165, 1.54) is 31.5 Å². The van der Waals surface area contributed by atoms with Gasteiger partial charge < -0.3 is 5.73 Å². The molecule has 1 aromatic rings. The van der Waals surface area contributed by atoms with Gasteiger partial charge in [-0.2, -0.15) is 5.10 Å². The zero-order valence-electron chi connectivity index (χ0n) is 9.56. The normalized spacial score (nSPS) is 21.8. The van der Waals surface area contributed by atoms with Crippen molar-refractivity contribution < 1.29 is 0 Å². The first kappa shape index (κ1) is 10.6. The molecule has 0 spiro atoms. The van der Waals surface area contributed by atoms with Gasteiger partial charge in [0.2, 0.25) is 0 Å². The average Bonchev–Trinajstić information content (AvgIpc) is 2.77. The molecule has 2 heterocycles. The fraction of sp³-hybridized carbons (Fsp3) is 0.727. The van der Waals surface area contributed by atoms with Crippen molar-refractivity contribution in [1.82, 2.24) is 14.7 Å². The first-order valence-electron chi connectivity index (χ1n) is 5.66. The predicted octanol–water partition coefficient (Wildman–Crippen LogP) is 0.904. The van der Waals surface area contributed by atoms with Gasteiger partial charge in [0.15, 0.2) is 0 Å². The van der Waals surface area contributed by atoms with Crippen LogP contribution in [0.4, 0.5) is 0 Å². The molecule has 0 radical (unpaired) electrons. The number of aromatic nitrogens is 2. The molecule has 1 fully saturated rings. The zero-order chi connectivity index (χ0) is 10.8. The summed E-state index contributed by atoms with van der Waals surface area (Å²) in [4.78, 5) is 2.47. The Morgan fingerprint density at radius 3 is 2.53 bits per heavy atom. The molecule has 1 aliphatic heterocycles. The molecule has 2 atom stereocenters. The lowest BCUT2D eigenvalue weighted by Crippen LogP contribution is -2.37. The summed E-state index contributed by atoms with van der Waals surface area (Å²) in [6.07, 6.45) is 6.60. The van der Waals surface area contributed by atoms with Gasteiger partial charge in [-0.3, -0.25) is 9.58 Å². The van der Waals surface area contributed by atoms with Crippen LogP contribution in [0.3, 0.4) is 0 Å². The first-order chi connectivity index (χ1) is 7.18. The maximum atomic E-state index is 6.08. The second-order valence-electron chi connectivity index (χ2n) is 4.49. The Labute approximate surface area is 91.1 Å². The maximum Gasteiger partial charge on any atom is 0.0538 e. The Balaban J connectivity index is 2.18. The Morgan fingerprint density at radius 2 is 2.07 bits per heavy atom. The molecule has 0 saturated carbocycles. The second kappa shape index (κ2) is 4.33. The van der Waals surface area contributed by atoms with Gasteiger partial charge in [-0.05, 0) is 32.9 Å². The Bertz CT molecular complexity index is 312. The molecule has 1 aliphatic rings. The molecule has 2 N–H and O–H groups in total. The summed E-state index contributed by atoms with van der Waals surface area (Å²) in [5, 5.41) is 4.23. The van der Waals surface area contributed by atoms with Crippen molar-refractivity contribution in [2.45, 2.75) is 31.8 Å². The van der Waals surface area contributed by atoms with Crippen LogP contribution in [0.5, 0.6) is 0 Å². The Morgan fingerprint density at radius 1 is 1.40 bits per heavy atom. The fourth-order valence-corrected chi connectivity index (χ4v) is 2.46. The monoisotopic (exact) mass is 208 g/mol.